The van der Waals surface area contributed by atoms with Crippen LogP contribution in [0.3, 0.4) is 0 Å². The highest BCUT2D eigenvalue weighted by Gasteiger charge is 2.34. The molecule has 0 fully saturated rings. The van der Waals surface area contributed by atoms with Crippen LogP contribution in [0, 0.1) is 19.8 Å². The number of carbonyl (C=O) groups excluding carboxylic acids is 2. The molecule has 9 heteroatoms. The molecule has 0 unspecified atom stereocenters. The van der Waals surface area contributed by atoms with Crippen LogP contribution >= 0.6 is 11.6 Å². The Morgan fingerprint density at radius 1 is 0.925 bits per heavy atom. The van der Waals surface area contributed by atoms with Crippen molar-refractivity contribution in [1.29, 1.82) is 0 Å². The fourth-order valence-electron chi connectivity index (χ4n) is 4.30. The fraction of sp³-hybridized carbons (Fsp3) is 0.355. The van der Waals surface area contributed by atoms with E-state index < -0.39 is 28.5 Å². The van der Waals surface area contributed by atoms with E-state index in [1.807, 2.05) is 46.8 Å². The number of rotatable bonds is 12. The summed E-state index contributed by atoms with van der Waals surface area (Å²) in [4.78, 5) is 28.9. The molecular weight excluding hydrogens is 546 g/mol. The molecule has 0 saturated heterocycles. The highest BCUT2D eigenvalue weighted by atomic mass is 35.5. The number of benzene rings is 3. The second kappa shape index (κ2) is 13.8. The van der Waals surface area contributed by atoms with Crippen molar-refractivity contribution >= 4 is 39.1 Å². The van der Waals surface area contributed by atoms with Gasteiger partial charge in [-0.1, -0.05) is 80.4 Å². The van der Waals surface area contributed by atoms with Crippen molar-refractivity contribution in [1.82, 2.24) is 10.2 Å². The molecule has 0 aliphatic carbocycles. The third-order valence-corrected chi connectivity index (χ3v) is 8.70. The monoisotopic (exact) mass is 583 g/mol. The first-order chi connectivity index (χ1) is 18.9. The third-order valence-electron chi connectivity index (χ3n) is 6.55. The number of anilines is 1. The van der Waals surface area contributed by atoms with Gasteiger partial charge in [-0.15, -0.1) is 0 Å². The number of amides is 2. The number of sulfonamides is 1. The zero-order valence-corrected chi connectivity index (χ0v) is 25.3. The van der Waals surface area contributed by atoms with Crippen LogP contribution in [0.2, 0.25) is 5.02 Å². The predicted molar refractivity (Wildman–Crippen MR) is 161 cm³/mol. The summed E-state index contributed by atoms with van der Waals surface area (Å²) in [5.41, 5.74) is 2.79. The molecule has 7 nitrogen and oxygen atoms in total. The molecule has 0 aliphatic heterocycles. The Balaban J connectivity index is 2.06. The SMILES string of the molecule is CC[C@@H](C(=O)NCC(C)C)N(Cc1ccccc1Cl)C(=O)CN(c1cccc(C)c1)S(=O)(=O)c1ccc(C)cc1. The first-order valence-corrected chi connectivity index (χ1v) is 15.2. The number of hydrogen-bond acceptors (Lipinski definition) is 4. The van der Waals surface area contributed by atoms with Gasteiger partial charge in [0.1, 0.15) is 12.6 Å². The molecule has 40 heavy (non-hydrogen) atoms. The molecule has 214 valence electrons. The number of hydrogen-bond donors (Lipinski definition) is 1. The summed E-state index contributed by atoms with van der Waals surface area (Å²) in [5.74, 6) is -0.575. The molecule has 2 amide bonds. The molecule has 3 rings (SSSR count). The number of halogens is 1. The van der Waals surface area contributed by atoms with Crippen molar-refractivity contribution in [3.05, 3.63) is 94.5 Å². The lowest BCUT2D eigenvalue weighted by Gasteiger charge is -2.33. The largest absolute Gasteiger partial charge is 0.354 e. The maximum absolute atomic E-state index is 14.1. The first-order valence-electron chi connectivity index (χ1n) is 13.4. The zero-order valence-electron chi connectivity index (χ0n) is 23.7. The zero-order chi connectivity index (χ0) is 29.4. The van der Waals surface area contributed by atoms with E-state index in [-0.39, 0.29) is 23.3 Å². The minimum atomic E-state index is -4.11. The highest BCUT2D eigenvalue weighted by molar-refractivity contribution is 7.92. The van der Waals surface area contributed by atoms with Crippen LogP contribution in [-0.4, -0.2) is 44.3 Å². The molecule has 0 aromatic heterocycles. The molecule has 0 heterocycles. The average Bonchev–Trinajstić information content (AvgIpc) is 2.91. The molecule has 0 aliphatic rings. The van der Waals surface area contributed by atoms with Gasteiger partial charge in [0, 0.05) is 18.1 Å². The molecule has 0 bridgehead atoms. The maximum atomic E-state index is 14.1. The lowest BCUT2D eigenvalue weighted by atomic mass is 10.1. The van der Waals surface area contributed by atoms with Gasteiger partial charge < -0.3 is 10.2 Å². The highest BCUT2D eigenvalue weighted by Crippen LogP contribution is 2.26. The minimum absolute atomic E-state index is 0.0539. The quantitative estimate of drug-likeness (QED) is 0.295. The van der Waals surface area contributed by atoms with Crippen LogP contribution in [0.4, 0.5) is 5.69 Å². The van der Waals surface area contributed by atoms with Crippen LogP contribution in [-0.2, 0) is 26.2 Å². The Labute approximate surface area is 243 Å². The Kier molecular flexibility index (Phi) is 10.8. The summed E-state index contributed by atoms with van der Waals surface area (Å²) in [5, 5.41) is 3.38. The van der Waals surface area contributed by atoms with E-state index in [0.717, 1.165) is 15.4 Å². The topological polar surface area (TPSA) is 86.8 Å². The minimum Gasteiger partial charge on any atom is -0.354 e. The molecular formula is C31H38ClN3O4S. The van der Waals surface area contributed by atoms with E-state index in [2.05, 4.69) is 5.32 Å². The van der Waals surface area contributed by atoms with Crippen molar-refractivity contribution in [3.63, 3.8) is 0 Å². The smallest absolute Gasteiger partial charge is 0.264 e. The second-order valence-electron chi connectivity index (χ2n) is 10.3. The van der Waals surface area contributed by atoms with E-state index >= 15 is 0 Å². The molecule has 0 radical (unpaired) electrons. The second-order valence-corrected chi connectivity index (χ2v) is 12.6. The van der Waals surface area contributed by atoms with Crippen molar-refractivity contribution < 1.29 is 18.0 Å². The number of nitrogens with one attached hydrogen (secondary N) is 1. The lowest BCUT2D eigenvalue weighted by Crippen LogP contribution is -2.52. The van der Waals surface area contributed by atoms with Gasteiger partial charge in [0.2, 0.25) is 11.8 Å². The summed E-state index contributed by atoms with van der Waals surface area (Å²) >= 11 is 6.44. The van der Waals surface area contributed by atoms with Gasteiger partial charge in [0.25, 0.3) is 10.0 Å². The van der Waals surface area contributed by atoms with Gasteiger partial charge >= 0.3 is 0 Å². The van der Waals surface area contributed by atoms with E-state index in [1.54, 1.807) is 48.5 Å². The molecule has 1 atom stereocenters. The lowest BCUT2D eigenvalue weighted by molar-refractivity contribution is -0.140. The van der Waals surface area contributed by atoms with Gasteiger partial charge in [-0.3, -0.25) is 13.9 Å². The van der Waals surface area contributed by atoms with E-state index in [0.29, 0.717) is 29.2 Å². The van der Waals surface area contributed by atoms with Crippen LogP contribution < -0.4 is 9.62 Å². The summed E-state index contributed by atoms with van der Waals surface area (Å²) in [6, 6.07) is 19.8. The molecule has 3 aromatic carbocycles. The van der Waals surface area contributed by atoms with Gasteiger partial charge in [0.15, 0.2) is 0 Å². The fourth-order valence-corrected chi connectivity index (χ4v) is 5.90. The molecule has 0 saturated carbocycles. The summed E-state index contributed by atoms with van der Waals surface area (Å²) in [6.07, 6.45) is 0.343. The summed E-state index contributed by atoms with van der Waals surface area (Å²) in [6.45, 7) is 9.57. The van der Waals surface area contributed by atoms with Gasteiger partial charge in [-0.25, -0.2) is 8.42 Å². The van der Waals surface area contributed by atoms with Crippen LogP contribution in [0.25, 0.3) is 0 Å². The van der Waals surface area contributed by atoms with Gasteiger partial charge in [-0.05, 0) is 67.6 Å². The normalized spacial score (nSPS) is 12.2. The summed E-state index contributed by atoms with van der Waals surface area (Å²) < 4.78 is 29.0. The Hall–Kier alpha value is -3.36. The van der Waals surface area contributed by atoms with Gasteiger partial charge in [-0.2, -0.15) is 0 Å². The number of aryl methyl sites for hydroxylation is 2. The summed E-state index contributed by atoms with van der Waals surface area (Å²) in [7, 11) is -4.11. The average molecular weight is 584 g/mol. The number of carbonyl (C=O) groups is 2. The number of nitrogens with zero attached hydrogens (tertiary/aromatic N) is 2. The van der Waals surface area contributed by atoms with Crippen LogP contribution in [0.5, 0.6) is 0 Å². The van der Waals surface area contributed by atoms with Crippen molar-refractivity contribution in [2.24, 2.45) is 5.92 Å². The third kappa shape index (κ3) is 7.86. The standard InChI is InChI=1S/C31H38ClN3O4S/c1-6-29(31(37)33-19-22(2)3)34(20-25-11-7-8-13-28(25)32)30(36)21-35(26-12-9-10-24(5)18-26)40(38,39)27-16-14-23(4)15-17-27/h7-18,22,29H,6,19-21H2,1-5H3,(H,33,37)/t29-/m0/s1. The predicted octanol–water partition coefficient (Wildman–Crippen LogP) is 5.73. The first kappa shape index (κ1) is 31.2. The Morgan fingerprint density at radius 3 is 2.20 bits per heavy atom. The van der Waals surface area contributed by atoms with Crippen molar-refractivity contribution in [2.45, 2.75) is 58.5 Å². The Bertz CT molecular complexity index is 1420. The molecule has 3 aromatic rings. The Morgan fingerprint density at radius 2 is 1.60 bits per heavy atom. The van der Waals surface area contributed by atoms with Crippen LogP contribution in [0.1, 0.15) is 43.9 Å². The van der Waals surface area contributed by atoms with Crippen molar-refractivity contribution in [2.75, 3.05) is 17.4 Å². The van der Waals surface area contributed by atoms with Gasteiger partial charge in [0.05, 0.1) is 10.6 Å². The van der Waals surface area contributed by atoms with Crippen molar-refractivity contribution in [3.8, 4) is 0 Å². The van der Waals surface area contributed by atoms with E-state index in [1.165, 1.54) is 17.0 Å². The van der Waals surface area contributed by atoms with Crippen LogP contribution in [0.15, 0.2) is 77.7 Å². The van der Waals surface area contributed by atoms with E-state index in [9.17, 15) is 18.0 Å². The molecule has 0 spiro atoms. The maximum Gasteiger partial charge on any atom is 0.264 e. The molecule has 1 N–H and O–H groups in total. The van der Waals surface area contributed by atoms with E-state index in [4.69, 9.17) is 11.6 Å².